The van der Waals surface area contributed by atoms with Crippen molar-refractivity contribution < 1.29 is 23.8 Å². The summed E-state index contributed by atoms with van der Waals surface area (Å²) in [7, 11) is 0. The van der Waals surface area contributed by atoms with Gasteiger partial charge in [-0.15, -0.1) is 0 Å². The molecule has 0 amide bonds. The normalized spacial score (nSPS) is 19.6. The summed E-state index contributed by atoms with van der Waals surface area (Å²) in [6.07, 6.45) is 5.53. The Labute approximate surface area is 133 Å². The average Bonchev–Trinajstić information content (AvgIpc) is 2.85. The summed E-state index contributed by atoms with van der Waals surface area (Å²) < 4.78 is 11.7. The van der Waals surface area contributed by atoms with Crippen LogP contribution >= 0.6 is 0 Å². The van der Waals surface area contributed by atoms with Gasteiger partial charge in [-0.1, -0.05) is 6.42 Å². The molecule has 120 valence electrons. The van der Waals surface area contributed by atoms with E-state index in [-0.39, 0.29) is 17.1 Å². The van der Waals surface area contributed by atoms with Crippen molar-refractivity contribution in [1.29, 1.82) is 0 Å². The van der Waals surface area contributed by atoms with Crippen molar-refractivity contribution >= 4 is 22.7 Å². The molecule has 0 saturated heterocycles. The summed E-state index contributed by atoms with van der Waals surface area (Å²) >= 11 is 0. The maximum atomic E-state index is 12.8. The Balaban J connectivity index is 1.89. The van der Waals surface area contributed by atoms with Gasteiger partial charge < -0.3 is 14.3 Å². The molecule has 1 aromatic heterocycles. The van der Waals surface area contributed by atoms with Crippen LogP contribution < -0.4 is 4.74 Å². The highest BCUT2D eigenvalue weighted by atomic mass is 16.5. The number of aryl methyl sites for hydroxylation is 1. The lowest BCUT2D eigenvalue weighted by Gasteiger charge is -2.40. The molecular formula is C18H18O5. The molecule has 23 heavy (non-hydrogen) atoms. The maximum Gasteiger partial charge on any atom is 0.372 e. The zero-order chi connectivity index (χ0) is 16.2. The van der Waals surface area contributed by atoms with E-state index in [1.165, 1.54) is 6.42 Å². The number of furan rings is 1. The van der Waals surface area contributed by atoms with E-state index in [0.29, 0.717) is 34.3 Å². The molecule has 5 heteroatoms. The van der Waals surface area contributed by atoms with E-state index in [1.54, 1.807) is 19.1 Å². The predicted octanol–water partition coefficient (Wildman–Crippen LogP) is 4.11. The molecule has 0 bridgehead atoms. The second kappa shape index (κ2) is 4.85. The predicted molar refractivity (Wildman–Crippen MR) is 83.3 cm³/mol. The molecule has 2 aliphatic rings. The number of carbonyl (C=O) groups excluding carboxylic acids is 1. The Morgan fingerprint density at radius 3 is 2.65 bits per heavy atom. The van der Waals surface area contributed by atoms with E-state index in [9.17, 15) is 14.7 Å². The van der Waals surface area contributed by atoms with Crippen molar-refractivity contribution in [2.45, 2.75) is 51.0 Å². The van der Waals surface area contributed by atoms with Gasteiger partial charge in [0.05, 0.1) is 12.0 Å². The summed E-state index contributed by atoms with van der Waals surface area (Å²) in [6.45, 7) is 1.67. The Morgan fingerprint density at radius 2 is 1.96 bits per heavy atom. The number of hydrogen-bond acceptors (Lipinski definition) is 4. The SMILES string of the molecule is Cc1c(C(=O)O)oc2ccc3c(c12)C(=O)CC1(CCCCC1)O3. The molecule has 4 rings (SSSR count). The third kappa shape index (κ3) is 2.06. The van der Waals surface area contributed by atoms with Crippen molar-refractivity contribution in [3.63, 3.8) is 0 Å². The van der Waals surface area contributed by atoms with Gasteiger partial charge in [0.2, 0.25) is 5.76 Å². The Hall–Kier alpha value is -2.30. The van der Waals surface area contributed by atoms with Gasteiger partial charge in [-0.2, -0.15) is 0 Å². The van der Waals surface area contributed by atoms with Gasteiger partial charge in [0.1, 0.15) is 16.9 Å². The minimum absolute atomic E-state index is 0.0274. The zero-order valence-electron chi connectivity index (χ0n) is 13.0. The van der Waals surface area contributed by atoms with Gasteiger partial charge in [-0.3, -0.25) is 4.79 Å². The first-order valence-corrected chi connectivity index (χ1v) is 8.02. The van der Waals surface area contributed by atoms with Crippen LogP contribution in [0.4, 0.5) is 0 Å². The number of ketones is 1. The van der Waals surface area contributed by atoms with Gasteiger partial charge in [0, 0.05) is 10.9 Å². The molecule has 5 nitrogen and oxygen atoms in total. The topological polar surface area (TPSA) is 76.7 Å². The van der Waals surface area contributed by atoms with Crippen LogP contribution in [0.15, 0.2) is 16.5 Å². The van der Waals surface area contributed by atoms with Gasteiger partial charge in [-0.05, 0) is 44.7 Å². The largest absolute Gasteiger partial charge is 0.486 e. The second-order valence-corrected chi connectivity index (χ2v) is 6.62. The Kier molecular flexibility index (Phi) is 3.01. The van der Waals surface area contributed by atoms with E-state index in [2.05, 4.69) is 0 Å². The highest BCUT2D eigenvalue weighted by Gasteiger charge is 2.42. The van der Waals surface area contributed by atoms with Crippen LogP contribution in [0, 0.1) is 6.92 Å². The summed E-state index contributed by atoms with van der Waals surface area (Å²) in [5.74, 6) is -0.643. The smallest absolute Gasteiger partial charge is 0.372 e. The summed E-state index contributed by atoms with van der Waals surface area (Å²) in [4.78, 5) is 24.1. The van der Waals surface area contributed by atoms with Crippen LogP contribution in [-0.2, 0) is 0 Å². The number of carbonyl (C=O) groups is 2. The monoisotopic (exact) mass is 314 g/mol. The molecule has 1 N–H and O–H groups in total. The summed E-state index contributed by atoms with van der Waals surface area (Å²) in [5.41, 5.74) is 1.02. The van der Waals surface area contributed by atoms with Crippen LogP contribution in [0.2, 0.25) is 0 Å². The van der Waals surface area contributed by atoms with Gasteiger partial charge in [0.25, 0.3) is 0 Å². The fourth-order valence-electron chi connectivity index (χ4n) is 4.01. The van der Waals surface area contributed by atoms with E-state index < -0.39 is 5.97 Å². The minimum Gasteiger partial charge on any atom is -0.486 e. The highest BCUT2D eigenvalue weighted by Crippen LogP contribution is 2.45. The van der Waals surface area contributed by atoms with Crippen molar-refractivity contribution in [3.05, 3.63) is 29.0 Å². The van der Waals surface area contributed by atoms with Crippen molar-refractivity contribution in [2.24, 2.45) is 0 Å². The van der Waals surface area contributed by atoms with Gasteiger partial charge in [0.15, 0.2) is 5.78 Å². The fourth-order valence-corrected chi connectivity index (χ4v) is 4.01. The molecule has 1 aliphatic heterocycles. The first-order valence-electron chi connectivity index (χ1n) is 8.02. The van der Waals surface area contributed by atoms with Crippen molar-refractivity contribution in [1.82, 2.24) is 0 Å². The molecule has 0 atom stereocenters. The lowest BCUT2D eigenvalue weighted by atomic mass is 9.78. The molecule has 0 radical (unpaired) electrons. The number of carboxylic acids is 1. The number of rotatable bonds is 1. The number of ether oxygens (including phenoxy) is 1. The van der Waals surface area contributed by atoms with Gasteiger partial charge in [-0.25, -0.2) is 4.79 Å². The first kappa shape index (κ1) is 14.3. The van der Waals surface area contributed by atoms with Crippen LogP contribution in [-0.4, -0.2) is 22.5 Å². The first-order chi connectivity index (χ1) is 11.0. The standard InChI is InChI=1S/C18H18O5/c1-10-14-12(22-16(10)17(20)21)5-6-13-15(14)11(19)9-18(23-13)7-3-2-4-8-18/h5-6H,2-4,7-9H2,1H3,(H,20,21). The van der Waals surface area contributed by atoms with E-state index in [0.717, 1.165) is 25.7 Å². The average molecular weight is 314 g/mol. The zero-order valence-corrected chi connectivity index (χ0v) is 13.0. The molecular weight excluding hydrogens is 296 g/mol. The molecule has 2 heterocycles. The molecule has 1 aromatic carbocycles. The number of hydrogen-bond donors (Lipinski definition) is 1. The van der Waals surface area contributed by atoms with E-state index in [4.69, 9.17) is 9.15 Å². The molecule has 1 spiro atoms. The van der Waals surface area contributed by atoms with Crippen LogP contribution in [0.5, 0.6) is 5.75 Å². The van der Waals surface area contributed by atoms with Crippen LogP contribution in [0.1, 0.15) is 65.0 Å². The third-order valence-corrected chi connectivity index (χ3v) is 5.10. The lowest BCUT2D eigenvalue weighted by molar-refractivity contribution is 0.0139. The number of benzene rings is 1. The lowest BCUT2D eigenvalue weighted by Crippen LogP contribution is -2.43. The number of aromatic carboxylic acids is 1. The van der Waals surface area contributed by atoms with E-state index in [1.807, 2.05) is 0 Å². The summed E-state index contributed by atoms with van der Waals surface area (Å²) in [5, 5.41) is 9.80. The number of Topliss-reactive ketones (excluding diaryl/α,β-unsaturated/α-hetero) is 1. The van der Waals surface area contributed by atoms with Crippen LogP contribution in [0.3, 0.4) is 0 Å². The third-order valence-electron chi connectivity index (χ3n) is 5.10. The van der Waals surface area contributed by atoms with Gasteiger partial charge >= 0.3 is 5.97 Å². The quantitative estimate of drug-likeness (QED) is 0.857. The Morgan fingerprint density at radius 1 is 1.22 bits per heavy atom. The molecule has 2 aromatic rings. The van der Waals surface area contributed by atoms with Crippen molar-refractivity contribution in [3.8, 4) is 5.75 Å². The van der Waals surface area contributed by atoms with Crippen molar-refractivity contribution in [2.75, 3.05) is 0 Å². The Bertz CT molecular complexity index is 824. The molecule has 1 aliphatic carbocycles. The molecule has 0 unspecified atom stereocenters. The second-order valence-electron chi connectivity index (χ2n) is 6.62. The fraction of sp³-hybridized carbons (Fsp3) is 0.444. The van der Waals surface area contributed by atoms with E-state index >= 15 is 0 Å². The minimum atomic E-state index is -1.12. The molecule has 1 saturated carbocycles. The molecule has 1 fully saturated rings. The number of carboxylic acid groups (broad SMARTS) is 1. The summed E-state index contributed by atoms with van der Waals surface area (Å²) in [6, 6.07) is 3.43. The van der Waals surface area contributed by atoms with Crippen LogP contribution in [0.25, 0.3) is 11.0 Å². The number of fused-ring (bicyclic) bond motifs is 3. The highest BCUT2D eigenvalue weighted by molar-refractivity contribution is 6.13. The maximum absolute atomic E-state index is 12.8.